The number of piperidine rings is 1. The number of carbonyl (C=O) groups excluding carboxylic acids is 1. The molecule has 0 N–H and O–H groups in total. The Hall–Kier alpha value is -0.940. The lowest BCUT2D eigenvalue weighted by atomic mass is 10.0. The highest BCUT2D eigenvalue weighted by molar-refractivity contribution is 7.13. The summed E-state index contributed by atoms with van der Waals surface area (Å²) in [5.74, 6) is 0.828. The summed E-state index contributed by atoms with van der Waals surface area (Å²) in [6, 6.07) is 0. The number of aromatic nitrogens is 1. The van der Waals surface area contributed by atoms with Gasteiger partial charge in [0, 0.05) is 26.1 Å². The van der Waals surface area contributed by atoms with Crippen molar-refractivity contribution in [3.05, 3.63) is 15.6 Å². The van der Waals surface area contributed by atoms with Gasteiger partial charge < -0.3 is 9.80 Å². The van der Waals surface area contributed by atoms with Crippen LogP contribution in [0, 0.1) is 12.8 Å². The number of nitrogens with zero attached hydrogens (tertiary/aromatic N) is 3. The Morgan fingerprint density at radius 3 is 2.77 bits per heavy atom. The zero-order valence-corrected chi connectivity index (χ0v) is 14.6. The summed E-state index contributed by atoms with van der Waals surface area (Å²) < 4.78 is 0. The lowest BCUT2D eigenvalue weighted by Gasteiger charge is -2.30. The van der Waals surface area contributed by atoms with Gasteiger partial charge in [0.25, 0.3) is 5.91 Å². The molecule has 3 heterocycles. The van der Waals surface area contributed by atoms with Gasteiger partial charge >= 0.3 is 0 Å². The summed E-state index contributed by atoms with van der Waals surface area (Å²) in [5.41, 5.74) is 0.921. The summed E-state index contributed by atoms with van der Waals surface area (Å²) in [6.45, 7) is 9.56. The van der Waals surface area contributed by atoms with Gasteiger partial charge in [-0.25, -0.2) is 4.98 Å². The van der Waals surface area contributed by atoms with Gasteiger partial charge in [0.05, 0.1) is 10.7 Å². The van der Waals surface area contributed by atoms with Crippen LogP contribution in [0.5, 0.6) is 0 Å². The van der Waals surface area contributed by atoms with E-state index in [-0.39, 0.29) is 5.91 Å². The van der Waals surface area contributed by atoms with E-state index in [1.54, 1.807) is 11.3 Å². The number of hydrogen-bond acceptors (Lipinski definition) is 4. The van der Waals surface area contributed by atoms with Crippen LogP contribution in [0.3, 0.4) is 0 Å². The molecular weight excluding hydrogens is 294 g/mol. The van der Waals surface area contributed by atoms with Crippen molar-refractivity contribution >= 4 is 17.2 Å². The Morgan fingerprint density at radius 2 is 2.05 bits per heavy atom. The van der Waals surface area contributed by atoms with Crippen molar-refractivity contribution in [3.63, 3.8) is 0 Å². The second-order valence-corrected chi connectivity index (χ2v) is 7.90. The molecule has 22 heavy (non-hydrogen) atoms. The monoisotopic (exact) mass is 321 g/mol. The van der Waals surface area contributed by atoms with E-state index >= 15 is 0 Å². The normalized spacial score (nSPS) is 23.2. The second kappa shape index (κ2) is 7.09. The van der Waals surface area contributed by atoms with Crippen LogP contribution in [0.25, 0.3) is 0 Å². The molecular formula is C17H27N3OS. The highest BCUT2D eigenvalue weighted by Crippen LogP contribution is 2.24. The van der Waals surface area contributed by atoms with Gasteiger partial charge in [0.2, 0.25) is 0 Å². The topological polar surface area (TPSA) is 36.4 Å². The van der Waals surface area contributed by atoms with E-state index in [0.29, 0.717) is 5.92 Å². The molecule has 0 saturated carbocycles. The van der Waals surface area contributed by atoms with E-state index in [9.17, 15) is 4.79 Å². The molecule has 0 radical (unpaired) electrons. The van der Waals surface area contributed by atoms with Crippen LogP contribution in [-0.2, 0) is 6.42 Å². The number of hydrogen-bond donors (Lipinski definition) is 0. The first-order valence-corrected chi connectivity index (χ1v) is 9.43. The minimum Gasteiger partial charge on any atom is -0.338 e. The summed E-state index contributed by atoms with van der Waals surface area (Å²) >= 11 is 1.62. The summed E-state index contributed by atoms with van der Waals surface area (Å²) in [4.78, 5) is 22.8. The average molecular weight is 321 g/mol. The molecule has 0 aliphatic carbocycles. The van der Waals surface area contributed by atoms with Crippen LogP contribution in [-0.4, -0.2) is 53.4 Å². The number of likely N-dealkylation sites (tertiary alicyclic amines) is 2. The molecule has 0 bridgehead atoms. The van der Waals surface area contributed by atoms with E-state index in [1.807, 2.05) is 11.8 Å². The van der Waals surface area contributed by atoms with Gasteiger partial charge in [-0.3, -0.25) is 4.79 Å². The summed E-state index contributed by atoms with van der Waals surface area (Å²) in [5, 5.41) is 1.12. The lowest BCUT2D eigenvalue weighted by molar-refractivity contribution is 0.0687. The molecule has 2 aliphatic heterocycles. The molecule has 0 aromatic carbocycles. The Balaban J connectivity index is 1.62. The first kappa shape index (κ1) is 15.9. The molecule has 1 aromatic rings. The molecule has 1 unspecified atom stereocenters. The standard InChI is InChI=1S/C17H27N3OS/c1-13-6-5-10-20(12-13)17(21)16-14(2)18-15(22-16)7-11-19-8-3-4-9-19/h13H,3-12H2,1-2H3. The van der Waals surface area contributed by atoms with Gasteiger partial charge in [-0.05, 0) is 51.6 Å². The van der Waals surface area contributed by atoms with Crippen molar-refractivity contribution in [2.75, 3.05) is 32.7 Å². The number of thiazole rings is 1. The average Bonchev–Trinajstić information content (AvgIpc) is 3.14. The predicted molar refractivity (Wildman–Crippen MR) is 90.5 cm³/mol. The quantitative estimate of drug-likeness (QED) is 0.855. The van der Waals surface area contributed by atoms with Crippen LogP contribution < -0.4 is 0 Å². The van der Waals surface area contributed by atoms with Crippen LogP contribution in [0.2, 0.25) is 0 Å². The fraction of sp³-hybridized carbons (Fsp3) is 0.765. The Kier molecular flexibility index (Phi) is 5.14. The fourth-order valence-electron chi connectivity index (χ4n) is 3.54. The van der Waals surface area contributed by atoms with Crippen LogP contribution in [0.4, 0.5) is 0 Å². The number of amides is 1. The molecule has 5 heteroatoms. The van der Waals surface area contributed by atoms with Crippen molar-refractivity contribution in [1.29, 1.82) is 0 Å². The van der Waals surface area contributed by atoms with E-state index in [4.69, 9.17) is 0 Å². The van der Waals surface area contributed by atoms with Crippen LogP contribution in [0.1, 0.15) is 53.0 Å². The van der Waals surface area contributed by atoms with Crippen molar-refractivity contribution in [1.82, 2.24) is 14.8 Å². The molecule has 2 saturated heterocycles. The summed E-state index contributed by atoms with van der Waals surface area (Å²) in [7, 11) is 0. The fourth-order valence-corrected chi connectivity index (χ4v) is 4.56. The van der Waals surface area contributed by atoms with E-state index in [1.165, 1.54) is 32.4 Å². The maximum atomic E-state index is 12.7. The third-order valence-corrected chi connectivity index (χ3v) is 6.03. The van der Waals surface area contributed by atoms with Crippen molar-refractivity contribution < 1.29 is 4.79 Å². The molecule has 4 nitrogen and oxygen atoms in total. The third kappa shape index (κ3) is 3.69. The number of carbonyl (C=O) groups is 1. The first-order chi connectivity index (χ1) is 10.6. The van der Waals surface area contributed by atoms with Crippen molar-refractivity contribution in [2.45, 2.75) is 46.0 Å². The van der Waals surface area contributed by atoms with Gasteiger partial charge in [0.15, 0.2) is 0 Å². The minimum atomic E-state index is 0.203. The highest BCUT2D eigenvalue weighted by atomic mass is 32.1. The lowest BCUT2D eigenvalue weighted by Crippen LogP contribution is -2.39. The van der Waals surface area contributed by atoms with Gasteiger partial charge in [-0.2, -0.15) is 0 Å². The maximum absolute atomic E-state index is 12.7. The number of rotatable bonds is 4. The smallest absolute Gasteiger partial charge is 0.265 e. The molecule has 3 rings (SSSR count). The largest absolute Gasteiger partial charge is 0.338 e. The molecule has 2 aliphatic rings. The van der Waals surface area contributed by atoms with E-state index in [0.717, 1.165) is 48.1 Å². The van der Waals surface area contributed by atoms with E-state index < -0.39 is 0 Å². The molecule has 122 valence electrons. The van der Waals surface area contributed by atoms with E-state index in [2.05, 4.69) is 16.8 Å². The molecule has 1 amide bonds. The second-order valence-electron chi connectivity index (χ2n) is 6.82. The molecule has 0 spiro atoms. The Labute approximate surface area is 137 Å². The molecule has 2 fully saturated rings. The minimum absolute atomic E-state index is 0.203. The van der Waals surface area contributed by atoms with Crippen molar-refractivity contribution in [2.24, 2.45) is 5.92 Å². The van der Waals surface area contributed by atoms with Crippen molar-refractivity contribution in [3.8, 4) is 0 Å². The number of aryl methyl sites for hydroxylation is 1. The molecule has 1 aromatic heterocycles. The summed E-state index contributed by atoms with van der Waals surface area (Å²) in [6.07, 6.45) is 6.01. The molecule has 1 atom stereocenters. The first-order valence-electron chi connectivity index (χ1n) is 8.61. The SMILES string of the molecule is Cc1nc(CCN2CCCC2)sc1C(=O)N1CCCC(C)C1. The third-order valence-electron chi connectivity index (χ3n) is 4.82. The maximum Gasteiger partial charge on any atom is 0.265 e. The van der Waals surface area contributed by atoms with Gasteiger partial charge in [-0.1, -0.05) is 6.92 Å². The predicted octanol–water partition coefficient (Wildman–Crippen LogP) is 2.96. The van der Waals surface area contributed by atoms with Gasteiger partial charge in [0.1, 0.15) is 4.88 Å². The Morgan fingerprint density at radius 1 is 1.27 bits per heavy atom. The Bertz CT molecular complexity index is 522. The zero-order valence-electron chi connectivity index (χ0n) is 13.8. The highest BCUT2D eigenvalue weighted by Gasteiger charge is 2.25. The zero-order chi connectivity index (χ0) is 15.5. The van der Waals surface area contributed by atoms with Crippen LogP contribution >= 0.6 is 11.3 Å². The van der Waals surface area contributed by atoms with Gasteiger partial charge in [-0.15, -0.1) is 11.3 Å². The van der Waals surface area contributed by atoms with Crippen LogP contribution in [0.15, 0.2) is 0 Å².